The van der Waals surface area contributed by atoms with Crippen LogP contribution in [0.15, 0.2) is 21.8 Å². The Morgan fingerprint density at radius 2 is 2.04 bits per heavy atom. The van der Waals surface area contributed by atoms with Crippen LogP contribution in [-0.2, 0) is 10.0 Å². The molecule has 0 saturated heterocycles. The molecule has 1 fully saturated rings. The van der Waals surface area contributed by atoms with E-state index in [0.29, 0.717) is 18.9 Å². The monoisotopic (exact) mass is 435 g/mol. The molecule has 1 amide bonds. The first-order valence-electron chi connectivity index (χ1n) is 7.02. The van der Waals surface area contributed by atoms with Crippen molar-refractivity contribution in [1.82, 2.24) is 19.9 Å². The standard InChI is InChI=1S/C13H12BrF2N5O3S/c1-13(2-3-13)21-25(23,24)6-4-7(9(16)8(15)5-6)10(22)17-12-18-11(14)19-20-12/h4-5,21H,2-3H2,1H3,(H2,17,18,19,20,22). The van der Waals surface area contributed by atoms with E-state index in [4.69, 9.17) is 0 Å². The molecule has 0 aliphatic heterocycles. The molecule has 1 heterocycles. The number of anilines is 1. The maximum atomic E-state index is 14.0. The number of sulfonamides is 1. The quantitative estimate of drug-likeness (QED) is 0.663. The Bertz CT molecular complexity index is 959. The van der Waals surface area contributed by atoms with Crippen LogP contribution < -0.4 is 10.0 Å². The fourth-order valence-corrected chi connectivity index (χ4v) is 3.78. The van der Waals surface area contributed by atoms with Gasteiger partial charge in [-0.15, -0.1) is 5.10 Å². The molecule has 0 radical (unpaired) electrons. The molecule has 1 aromatic heterocycles. The van der Waals surface area contributed by atoms with Crippen molar-refractivity contribution >= 4 is 37.8 Å². The van der Waals surface area contributed by atoms with E-state index in [0.717, 1.165) is 6.07 Å². The zero-order valence-electron chi connectivity index (χ0n) is 12.7. The first-order valence-corrected chi connectivity index (χ1v) is 9.30. The van der Waals surface area contributed by atoms with Crippen molar-refractivity contribution in [2.24, 2.45) is 0 Å². The number of aromatic nitrogens is 3. The normalized spacial score (nSPS) is 15.8. The summed E-state index contributed by atoms with van der Waals surface area (Å²) in [6, 6.07) is 1.30. The summed E-state index contributed by atoms with van der Waals surface area (Å²) in [6.45, 7) is 1.69. The largest absolute Gasteiger partial charge is 0.289 e. The second-order valence-electron chi connectivity index (χ2n) is 5.84. The highest BCUT2D eigenvalue weighted by atomic mass is 79.9. The number of aromatic amines is 1. The minimum absolute atomic E-state index is 0.187. The van der Waals surface area contributed by atoms with Crippen molar-refractivity contribution in [1.29, 1.82) is 0 Å². The zero-order chi connectivity index (χ0) is 18.4. The molecule has 134 valence electrons. The predicted molar refractivity (Wildman–Crippen MR) is 86.4 cm³/mol. The van der Waals surface area contributed by atoms with Crippen LogP contribution in [0.25, 0.3) is 0 Å². The molecule has 1 aliphatic carbocycles. The summed E-state index contributed by atoms with van der Waals surface area (Å²) in [5.41, 5.74) is -1.38. The molecule has 1 aliphatic rings. The average molecular weight is 436 g/mol. The molecule has 3 rings (SSSR count). The van der Waals surface area contributed by atoms with Gasteiger partial charge in [0.15, 0.2) is 16.4 Å². The lowest BCUT2D eigenvalue weighted by atomic mass is 10.2. The Labute approximate surface area is 149 Å². The highest BCUT2D eigenvalue weighted by Crippen LogP contribution is 2.36. The van der Waals surface area contributed by atoms with E-state index in [2.05, 4.69) is 41.2 Å². The Morgan fingerprint density at radius 1 is 1.36 bits per heavy atom. The minimum Gasteiger partial charge on any atom is -0.289 e. The lowest BCUT2D eigenvalue weighted by Gasteiger charge is -2.13. The second kappa shape index (κ2) is 6.11. The van der Waals surface area contributed by atoms with Gasteiger partial charge >= 0.3 is 0 Å². The number of benzene rings is 1. The summed E-state index contributed by atoms with van der Waals surface area (Å²) in [6.07, 6.45) is 1.28. The first kappa shape index (κ1) is 17.9. The van der Waals surface area contributed by atoms with Crippen molar-refractivity contribution in [3.63, 3.8) is 0 Å². The van der Waals surface area contributed by atoms with Crippen molar-refractivity contribution in [2.75, 3.05) is 5.32 Å². The molecule has 25 heavy (non-hydrogen) atoms. The van der Waals surface area contributed by atoms with Gasteiger partial charge in [-0.25, -0.2) is 21.9 Å². The van der Waals surface area contributed by atoms with Crippen LogP contribution in [0, 0.1) is 11.6 Å². The summed E-state index contributed by atoms with van der Waals surface area (Å²) in [4.78, 5) is 15.3. The van der Waals surface area contributed by atoms with Gasteiger partial charge in [0.1, 0.15) is 0 Å². The van der Waals surface area contributed by atoms with Crippen LogP contribution in [0.4, 0.5) is 14.7 Å². The number of carbonyl (C=O) groups is 1. The highest BCUT2D eigenvalue weighted by molar-refractivity contribution is 9.10. The average Bonchev–Trinajstić information content (AvgIpc) is 3.08. The zero-order valence-corrected chi connectivity index (χ0v) is 15.1. The van der Waals surface area contributed by atoms with Gasteiger partial charge in [0.05, 0.1) is 10.5 Å². The van der Waals surface area contributed by atoms with Crippen LogP contribution in [0.3, 0.4) is 0 Å². The molecule has 8 nitrogen and oxygen atoms in total. The van der Waals surface area contributed by atoms with Crippen LogP contribution in [0.2, 0.25) is 0 Å². The van der Waals surface area contributed by atoms with Gasteiger partial charge in [-0.1, -0.05) is 0 Å². The van der Waals surface area contributed by atoms with Crippen molar-refractivity contribution < 1.29 is 22.0 Å². The van der Waals surface area contributed by atoms with E-state index >= 15 is 0 Å². The number of hydrogen-bond acceptors (Lipinski definition) is 5. The third-order valence-electron chi connectivity index (χ3n) is 3.62. The molecule has 0 spiro atoms. The summed E-state index contributed by atoms with van der Waals surface area (Å²) >= 11 is 2.97. The Morgan fingerprint density at radius 3 is 2.60 bits per heavy atom. The number of hydrogen-bond donors (Lipinski definition) is 3. The van der Waals surface area contributed by atoms with Gasteiger partial charge in [0.2, 0.25) is 16.0 Å². The Hall–Kier alpha value is -1.92. The van der Waals surface area contributed by atoms with Crippen LogP contribution >= 0.6 is 15.9 Å². The fraction of sp³-hybridized carbons (Fsp3) is 0.308. The van der Waals surface area contributed by atoms with Crippen molar-refractivity contribution in [2.45, 2.75) is 30.2 Å². The summed E-state index contributed by atoms with van der Waals surface area (Å²) in [5.74, 6) is -4.19. The van der Waals surface area contributed by atoms with Gasteiger partial charge in [0.25, 0.3) is 5.91 Å². The lowest BCUT2D eigenvalue weighted by molar-refractivity contribution is 0.102. The molecular weight excluding hydrogens is 424 g/mol. The number of nitrogens with zero attached hydrogens (tertiary/aromatic N) is 2. The molecule has 0 atom stereocenters. The number of halogens is 3. The third-order valence-corrected chi connectivity index (χ3v) is 5.59. The van der Waals surface area contributed by atoms with Gasteiger partial charge in [-0.05, 0) is 47.8 Å². The maximum absolute atomic E-state index is 14.0. The molecule has 1 aromatic carbocycles. The first-order chi connectivity index (χ1) is 11.6. The fourth-order valence-electron chi connectivity index (χ4n) is 2.02. The van der Waals surface area contributed by atoms with Crippen molar-refractivity contribution in [3.05, 3.63) is 34.1 Å². The summed E-state index contributed by atoms with van der Waals surface area (Å²) in [7, 11) is -4.10. The molecule has 0 bridgehead atoms. The molecule has 12 heteroatoms. The van der Waals surface area contributed by atoms with E-state index in [9.17, 15) is 22.0 Å². The second-order valence-corrected chi connectivity index (χ2v) is 8.27. The Balaban J connectivity index is 1.94. The third kappa shape index (κ3) is 3.85. The number of amides is 1. The minimum atomic E-state index is -4.10. The SMILES string of the molecule is CC1(NS(=O)(=O)c2cc(F)c(F)c(C(=O)Nc3n[nH]c(Br)n3)c2)CC1. The van der Waals surface area contributed by atoms with Crippen LogP contribution in [0.5, 0.6) is 0 Å². The smallest absolute Gasteiger partial charge is 0.261 e. The number of H-pyrrole nitrogens is 1. The van der Waals surface area contributed by atoms with Gasteiger partial charge < -0.3 is 0 Å². The maximum Gasteiger partial charge on any atom is 0.261 e. The van der Waals surface area contributed by atoms with E-state index in [1.807, 2.05) is 0 Å². The number of nitrogens with one attached hydrogen (secondary N) is 3. The van der Waals surface area contributed by atoms with E-state index in [1.165, 1.54) is 0 Å². The summed E-state index contributed by atoms with van der Waals surface area (Å²) in [5, 5.41) is 8.13. The predicted octanol–water partition coefficient (Wildman–Crippen LogP) is 1.93. The number of carbonyl (C=O) groups excluding carboxylic acids is 1. The lowest BCUT2D eigenvalue weighted by Crippen LogP contribution is -2.34. The molecule has 0 unspecified atom stereocenters. The highest BCUT2D eigenvalue weighted by Gasteiger charge is 2.41. The topological polar surface area (TPSA) is 117 Å². The van der Waals surface area contributed by atoms with Crippen molar-refractivity contribution in [3.8, 4) is 0 Å². The van der Waals surface area contributed by atoms with Crippen LogP contribution in [0.1, 0.15) is 30.1 Å². The van der Waals surface area contributed by atoms with Gasteiger partial charge in [-0.2, -0.15) is 4.98 Å². The molecule has 2 aromatic rings. The van der Waals surface area contributed by atoms with E-state index in [-0.39, 0.29) is 10.7 Å². The number of rotatable bonds is 5. The van der Waals surface area contributed by atoms with E-state index in [1.54, 1.807) is 6.92 Å². The molecule has 1 saturated carbocycles. The van der Waals surface area contributed by atoms with Crippen LogP contribution in [-0.4, -0.2) is 35.0 Å². The molecule has 3 N–H and O–H groups in total. The van der Waals surface area contributed by atoms with E-state index < -0.39 is 43.6 Å². The summed E-state index contributed by atoms with van der Waals surface area (Å²) < 4.78 is 55.1. The van der Waals surface area contributed by atoms with Gasteiger partial charge in [-0.3, -0.25) is 15.2 Å². The molecular formula is C13H12BrF2N5O3S. The van der Waals surface area contributed by atoms with Gasteiger partial charge in [0, 0.05) is 5.54 Å². The Kier molecular flexibility index (Phi) is 4.37.